The number of unbranched alkanes of at least 4 members (excludes halogenated alkanes) is 15. The van der Waals surface area contributed by atoms with Gasteiger partial charge in [-0.2, -0.15) is 0 Å². The maximum atomic E-state index is 10.5. The molecule has 0 saturated carbocycles. The van der Waals surface area contributed by atoms with Gasteiger partial charge in [-0.25, -0.2) is 8.42 Å². The van der Waals surface area contributed by atoms with E-state index >= 15 is 0 Å². The van der Waals surface area contributed by atoms with Gasteiger partial charge >= 0.3 is 51.4 Å². The molecule has 0 rings (SSSR count). The molecule has 0 bridgehead atoms. The maximum Gasteiger partial charge on any atom is 1.00 e. The summed E-state index contributed by atoms with van der Waals surface area (Å²) in [4.78, 5) is 0. The molecule has 0 spiro atoms. The van der Waals surface area contributed by atoms with Crippen LogP contribution in [0.25, 0.3) is 0 Å². The summed E-state index contributed by atoms with van der Waals surface area (Å²) in [6.45, 7) is 2.24. The average Bonchev–Trinajstić information content (AvgIpc) is 2.61. The molecule has 0 fully saturated rings. The SMILES string of the molecule is CCCCCCCCC(O)CCCCCCCCCCCCCS(=O)(=O)[O-].[K+]. The third-order valence-electron chi connectivity index (χ3n) is 5.32. The van der Waals surface area contributed by atoms with Gasteiger partial charge in [-0.1, -0.05) is 110 Å². The minimum Gasteiger partial charge on any atom is -0.748 e. The fourth-order valence-corrected chi connectivity index (χ4v) is 4.11. The summed E-state index contributed by atoms with van der Waals surface area (Å²) in [7, 11) is -4.02. The van der Waals surface area contributed by atoms with E-state index in [0.717, 1.165) is 38.5 Å². The topological polar surface area (TPSA) is 77.4 Å². The average molecular weight is 445 g/mol. The molecule has 0 aromatic heterocycles. The molecule has 1 N–H and O–H groups in total. The van der Waals surface area contributed by atoms with Gasteiger partial charge in [-0.05, 0) is 19.3 Å². The first kappa shape index (κ1) is 31.7. The van der Waals surface area contributed by atoms with Crippen LogP contribution < -0.4 is 51.4 Å². The van der Waals surface area contributed by atoms with Gasteiger partial charge < -0.3 is 9.66 Å². The Bertz CT molecular complexity index is 401. The van der Waals surface area contributed by atoms with Crippen LogP contribution in [0.1, 0.15) is 129 Å². The minimum atomic E-state index is -4.02. The zero-order chi connectivity index (χ0) is 20.2. The van der Waals surface area contributed by atoms with Gasteiger partial charge in [0.05, 0.1) is 16.2 Å². The Hall–Kier alpha value is 1.51. The third kappa shape index (κ3) is 27.5. The molecule has 0 amide bonds. The van der Waals surface area contributed by atoms with Crippen LogP contribution in [-0.2, 0) is 10.1 Å². The van der Waals surface area contributed by atoms with E-state index in [-0.39, 0.29) is 63.2 Å². The Morgan fingerprint density at radius 1 is 0.643 bits per heavy atom. The number of hydrogen-bond donors (Lipinski definition) is 1. The quantitative estimate of drug-likeness (QED) is 0.167. The van der Waals surface area contributed by atoms with Crippen molar-refractivity contribution in [3.63, 3.8) is 0 Å². The van der Waals surface area contributed by atoms with Crippen LogP contribution in [0.4, 0.5) is 0 Å². The van der Waals surface area contributed by atoms with Gasteiger partial charge in [-0.3, -0.25) is 0 Å². The second-order valence-corrected chi connectivity index (χ2v) is 9.67. The van der Waals surface area contributed by atoms with E-state index in [4.69, 9.17) is 0 Å². The van der Waals surface area contributed by atoms with Crippen molar-refractivity contribution in [2.45, 2.75) is 135 Å². The summed E-state index contributed by atoms with van der Waals surface area (Å²) in [6, 6.07) is 0. The van der Waals surface area contributed by atoms with Gasteiger partial charge in [-0.15, -0.1) is 0 Å². The molecule has 0 heterocycles. The van der Waals surface area contributed by atoms with Crippen LogP contribution in [0.2, 0.25) is 0 Å². The van der Waals surface area contributed by atoms with Crippen LogP contribution in [0.15, 0.2) is 0 Å². The Morgan fingerprint density at radius 3 is 1.32 bits per heavy atom. The minimum absolute atomic E-state index is 0. The van der Waals surface area contributed by atoms with Crippen molar-refractivity contribution in [1.82, 2.24) is 0 Å². The first-order valence-electron chi connectivity index (χ1n) is 11.6. The normalized spacial score (nSPS) is 12.7. The van der Waals surface area contributed by atoms with Gasteiger partial charge in [0.2, 0.25) is 0 Å². The molecule has 6 heteroatoms. The van der Waals surface area contributed by atoms with E-state index in [9.17, 15) is 18.1 Å². The van der Waals surface area contributed by atoms with Crippen molar-refractivity contribution in [3.8, 4) is 0 Å². The van der Waals surface area contributed by atoms with Crippen molar-refractivity contribution in [2.24, 2.45) is 0 Å². The van der Waals surface area contributed by atoms with Gasteiger partial charge in [0.25, 0.3) is 0 Å². The Kier molecular flexibility index (Phi) is 26.2. The Labute approximate surface area is 218 Å². The standard InChI is InChI=1S/C22H46O4S.K/c1-2-3-4-5-13-16-19-22(23)20-17-14-11-9-7-6-8-10-12-15-18-21-27(24,25)26;/h22-23H,2-21H2,1H3,(H,24,25,26);/q;+1/p-1. The van der Waals surface area contributed by atoms with E-state index < -0.39 is 10.1 Å². The number of rotatable bonds is 21. The monoisotopic (exact) mass is 444 g/mol. The second-order valence-electron chi connectivity index (χ2n) is 8.15. The largest absolute Gasteiger partial charge is 1.00 e. The van der Waals surface area contributed by atoms with Crippen molar-refractivity contribution < 1.29 is 69.5 Å². The molecule has 0 aromatic carbocycles. The zero-order valence-corrected chi connectivity index (χ0v) is 22.7. The molecule has 0 aromatic rings. The maximum absolute atomic E-state index is 10.5. The predicted molar refractivity (Wildman–Crippen MR) is 114 cm³/mol. The number of aliphatic hydroxyl groups is 1. The molecule has 4 nitrogen and oxygen atoms in total. The fraction of sp³-hybridized carbons (Fsp3) is 1.00. The molecule has 164 valence electrons. The van der Waals surface area contributed by atoms with Gasteiger partial charge in [0.15, 0.2) is 0 Å². The van der Waals surface area contributed by atoms with E-state index in [1.54, 1.807) is 0 Å². The van der Waals surface area contributed by atoms with Crippen LogP contribution >= 0.6 is 0 Å². The summed E-state index contributed by atoms with van der Waals surface area (Å²) in [5.41, 5.74) is 0. The molecule has 28 heavy (non-hydrogen) atoms. The third-order valence-corrected chi connectivity index (χ3v) is 6.11. The van der Waals surface area contributed by atoms with E-state index in [1.165, 1.54) is 77.0 Å². The molecular formula is C22H45KO4S. The van der Waals surface area contributed by atoms with Crippen molar-refractivity contribution >= 4 is 10.1 Å². The Morgan fingerprint density at radius 2 is 0.964 bits per heavy atom. The molecular weight excluding hydrogens is 399 g/mol. The molecule has 0 saturated heterocycles. The van der Waals surface area contributed by atoms with E-state index in [0.29, 0.717) is 6.42 Å². The predicted octanol–water partition coefficient (Wildman–Crippen LogP) is 3.33. The summed E-state index contributed by atoms with van der Waals surface area (Å²) in [5.74, 6) is -0.208. The first-order valence-corrected chi connectivity index (χ1v) is 13.1. The van der Waals surface area contributed by atoms with Crippen molar-refractivity contribution in [2.75, 3.05) is 5.75 Å². The van der Waals surface area contributed by atoms with Crippen LogP contribution in [0.3, 0.4) is 0 Å². The molecule has 1 atom stereocenters. The number of hydrogen-bond acceptors (Lipinski definition) is 4. The van der Waals surface area contributed by atoms with E-state index in [1.807, 2.05) is 0 Å². The fourth-order valence-electron chi connectivity index (χ4n) is 3.55. The van der Waals surface area contributed by atoms with Crippen LogP contribution in [0, 0.1) is 0 Å². The van der Waals surface area contributed by atoms with Crippen molar-refractivity contribution in [3.05, 3.63) is 0 Å². The smallest absolute Gasteiger partial charge is 0.748 e. The van der Waals surface area contributed by atoms with Crippen LogP contribution in [0.5, 0.6) is 0 Å². The molecule has 0 aliphatic rings. The zero-order valence-electron chi connectivity index (χ0n) is 18.8. The Balaban J connectivity index is 0. The summed E-state index contributed by atoms with van der Waals surface area (Å²) >= 11 is 0. The van der Waals surface area contributed by atoms with Crippen LogP contribution in [-0.4, -0.2) is 29.9 Å². The van der Waals surface area contributed by atoms with Gasteiger partial charge in [0.1, 0.15) is 0 Å². The second kappa shape index (κ2) is 23.2. The first-order chi connectivity index (χ1) is 13.0. The number of aliphatic hydroxyl groups excluding tert-OH is 1. The van der Waals surface area contributed by atoms with Crippen molar-refractivity contribution in [1.29, 1.82) is 0 Å². The van der Waals surface area contributed by atoms with Gasteiger partial charge in [0, 0.05) is 5.75 Å². The summed E-state index contributed by atoms with van der Waals surface area (Å²) < 4.78 is 31.4. The summed E-state index contributed by atoms with van der Waals surface area (Å²) in [5, 5.41) is 10.0. The van der Waals surface area contributed by atoms with E-state index in [2.05, 4.69) is 6.92 Å². The molecule has 1 unspecified atom stereocenters. The molecule has 0 aliphatic heterocycles. The molecule has 0 radical (unpaired) electrons. The summed E-state index contributed by atoms with van der Waals surface area (Å²) in [6.07, 6.45) is 21.8. The molecule has 0 aliphatic carbocycles.